The van der Waals surface area contributed by atoms with Crippen LogP contribution < -0.4 is 11.1 Å². The number of nitrogens with zero attached hydrogens (tertiary/aromatic N) is 2. The van der Waals surface area contributed by atoms with E-state index in [9.17, 15) is 4.79 Å². The van der Waals surface area contributed by atoms with Crippen molar-refractivity contribution in [3.05, 3.63) is 18.7 Å². The maximum atomic E-state index is 11.8. The van der Waals surface area contributed by atoms with Crippen molar-refractivity contribution < 1.29 is 9.53 Å². The molecule has 6 heteroatoms. The Morgan fingerprint density at radius 1 is 1.61 bits per heavy atom. The second-order valence-corrected chi connectivity index (χ2v) is 4.41. The first-order valence-electron chi connectivity index (χ1n) is 6.14. The molecule has 1 aromatic heterocycles. The summed E-state index contributed by atoms with van der Waals surface area (Å²) >= 11 is 0. The molecule has 1 amide bonds. The number of amides is 1. The molecule has 0 fully saturated rings. The smallest absolute Gasteiger partial charge is 0.237 e. The van der Waals surface area contributed by atoms with E-state index in [1.807, 2.05) is 17.7 Å². The van der Waals surface area contributed by atoms with Gasteiger partial charge < -0.3 is 20.4 Å². The summed E-state index contributed by atoms with van der Waals surface area (Å²) < 4.78 is 6.84. The average molecular weight is 254 g/mol. The summed E-state index contributed by atoms with van der Waals surface area (Å²) in [6, 6.07) is -0.439. The predicted molar refractivity (Wildman–Crippen MR) is 68.9 cm³/mol. The number of nitrogens with two attached hydrogens (primary N) is 1. The standard InChI is InChI=1S/C12H22N4O2/c1-10(8-16-6-5-14-9-16)15-12(17)11(13)4-3-7-18-2/h5-6,9-11H,3-4,7-8,13H2,1-2H3,(H,15,17). The van der Waals surface area contributed by atoms with Gasteiger partial charge in [0.05, 0.1) is 12.4 Å². The number of hydrogen-bond acceptors (Lipinski definition) is 4. The van der Waals surface area contributed by atoms with Gasteiger partial charge in [-0.05, 0) is 19.8 Å². The van der Waals surface area contributed by atoms with Gasteiger partial charge in [0, 0.05) is 38.7 Å². The molecule has 18 heavy (non-hydrogen) atoms. The molecule has 0 aromatic carbocycles. The Bertz CT molecular complexity index is 340. The predicted octanol–water partition coefficient (Wildman–Crippen LogP) is 0.142. The summed E-state index contributed by atoms with van der Waals surface area (Å²) in [5, 5.41) is 2.89. The molecule has 0 saturated carbocycles. The lowest BCUT2D eigenvalue weighted by molar-refractivity contribution is -0.123. The van der Waals surface area contributed by atoms with Gasteiger partial charge in [-0.25, -0.2) is 4.98 Å². The van der Waals surface area contributed by atoms with E-state index in [1.54, 1.807) is 19.6 Å². The van der Waals surface area contributed by atoms with Crippen molar-refractivity contribution in [2.45, 2.75) is 38.4 Å². The molecule has 0 radical (unpaired) electrons. The summed E-state index contributed by atoms with van der Waals surface area (Å²) in [7, 11) is 1.64. The van der Waals surface area contributed by atoms with Gasteiger partial charge in [-0.15, -0.1) is 0 Å². The van der Waals surface area contributed by atoms with Crippen LogP contribution in [0.5, 0.6) is 0 Å². The number of ether oxygens (including phenoxy) is 1. The van der Waals surface area contributed by atoms with Crippen LogP contribution in [0.15, 0.2) is 18.7 Å². The first-order chi connectivity index (χ1) is 8.63. The Labute approximate surface area is 108 Å². The number of hydrogen-bond donors (Lipinski definition) is 2. The minimum atomic E-state index is -0.467. The SMILES string of the molecule is COCCCC(N)C(=O)NC(C)Cn1ccnc1. The van der Waals surface area contributed by atoms with E-state index in [0.717, 1.165) is 6.42 Å². The van der Waals surface area contributed by atoms with Crippen LogP contribution in [0.1, 0.15) is 19.8 Å². The molecule has 1 rings (SSSR count). The van der Waals surface area contributed by atoms with Crippen LogP contribution in [0.25, 0.3) is 0 Å². The quantitative estimate of drug-likeness (QED) is 0.647. The van der Waals surface area contributed by atoms with Crippen LogP contribution in [0, 0.1) is 0 Å². The van der Waals surface area contributed by atoms with Crippen LogP contribution in [-0.4, -0.2) is 41.3 Å². The first-order valence-corrected chi connectivity index (χ1v) is 6.14. The number of methoxy groups -OCH3 is 1. The average Bonchev–Trinajstić information content (AvgIpc) is 2.81. The molecule has 1 heterocycles. The van der Waals surface area contributed by atoms with Gasteiger partial charge in [0.1, 0.15) is 0 Å². The van der Waals surface area contributed by atoms with Crippen LogP contribution in [0.2, 0.25) is 0 Å². The highest BCUT2D eigenvalue weighted by Gasteiger charge is 2.15. The van der Waals surface area contributed by atoms with Gasteiger partial charge in [0.25, 0.3) is 0 Å². The Hall–Kier alpha value is -1.40. The van der Waals surface area contributed by atoms with Crippen molar-refractivity contribution in [2.24, 2.45) is 5.73 Å². The van der Waals surface area contributed by atoms with Crippen LogP contribution in [0.3, 0.4) is 0 Å². The minimum absolute atomic E-state index is 0.0279. The molecule has 0 aliphatic rings. The fraction of sp³-hybridized carbons (Fsp3) is 0.667. The zero-order valence-corrected chi connectivity index (χ0v) is 11.0. The summed E-state index contributed by atoms with van der Waals surface area (Å²) in [5.74, 6) is -0.112. The molecular formula is C12H22N4O2. The number of aromatic nitrogens is 2. The molecule has 3 N–H and O–H groups in total. The normalized spacial score (nSPS) is 14.2. The topological polar surface area (TPSA) is 82.2 Å². The summed E-state index contributed by atoms with van der Waals surface area (Å²) in [4.78, 5) is 15.7. The minimum Gasteiger partial charge on any atom is -0.385 e. The lowest BCUT2D eigenvalue weighted by Crippen LogP contribution is -2.45. The Morgan fingerprint density at radius 3 is 3.00 bits per heavy atom. The van der Waals surface area contributed by atoms with E-state index in [1.165, 1.54) is 0 Å². The molecule has 0 spiro atoms. The van der Waals surface area contributed by atoms with Crippen LogP contribution in [0.4, 0.5) is 0 Å². The third kappa shape index (κ3) is 5.29. The van der Waals surface area contributed by atoms with E-state index in [2.05, 4.69) is 10.3 Å². The lowest BCUT2D eigenvalue weighted by Gasteiger charge is -2.17. The van der Waals surface area contributed by atoms with Crippen molar-refractivity contribution in [1.29, 1.82) is 0 Å². The van der Waals surface area contributed by atoms with E-state index in [-0.39, 0.29) is 11.9 Å². The molecule has 2 atom stereocenters. The van der Waals surface area contributed by atoms with Crippen LogP contribution in [-0.2, 0) is 16.1 Å². The van der Waals surface area contributed by atoms with E-state index in [4.69, 9.17) is 10.5 Å². The molecule has 0 saturated heterocycles. The second kappa shape index (κ2) is 7.84. The molecule has 102 valence electrons. The highest BCUT2D eigenvalue weighted by molar-refractivity contribution is 5.81. The molecule has 0 bridgehead atoms. The van der Waals surface area contributed by atoms with Crippen molar-refractivity contribution >= 4 is 5.91 Å². The molecule has 1 aromatic rings. The number of carbonyl (C=O) groups is 1. The van der Waals surface area contributed by atoms with Crippen LogP contribution >= 0.6 is 0 Å². The molecule has 6 nitrogen and oxygen atoms in total. The molecule has 0 aliphatic heterocycles. The zero-order valence-electron chi connectivity index (χ0n) is 11.0. The summed E-state index contributed by atoms with van der Waals surface area (Å²) in [6.07, 6.45) is 6.73. The third-order valence-electron chi connectivity index (χ3n) is 2.63. The Morgan fingerprint density at radius 2 is 2.39 bits per heavy atom. The third-order valence-corrected chi connectivity index (χ3v) is 2.63. The van der Waals surface area contributed by atoms with Gasteiger partial charge in [-0.1, -0.05) is 0 Å². The van der Waals surface area contributed by atoms with Gasteiger partial charge in [-0.2, -0.15) is 0 Å². The van der Waals surface area contributed by atoms with E-state index >= 15 is 0 Å². The van der Waals surface area contributed by atoms with E-state index in [0.29, 0.717) is 19.6 Å². The number of carbonyl (C=O) groups excluding carboxylic acids is 1. The monoisotopic (exact) mass is 254 g/mol. The fourth-order valence-corrected chi connectivity index (χ4v) is 1.69. The van der Waals surface area contributed by atoms with Gasteiger partial charge in [0.15, 0.2) is 0 Å². The lowest BCUT2D eigenvalue weighted by atomic mass is 10.1. The van der Waals surface area contributed by atoms with Gasteiger partial charge in [0.2, 0.25) is 5.91 Å². The van der Waals surface area contributed by atoms with Crippen molar-refractivity contribution in [3.8, 4) is 0 Å². The summed E-state index contributed by atoms with van der Waals surface area (Å²) in [5.41, 5.74) is 5.79. The number of imidazole rings is 1. The maximum Gasteiger partial charge on any atom is 0.237 e. The molecule has 0 aliphatic carbocycles. The largest absolute Gasteiger partial charge is 0.385 e. The number of nitrogens with one attached hydrogen (secondary N) is 1. The highest BCUT2D eigenvalue weighted by atomic mass is 16.5. The highest BCUT2D eigenvalue weighted by Crippen LogP contribution is 1.97. The molecule has 2 unspecified atom stereocenters. The fourth-order valence-electron chi connectivity index (χ4n) is 1.69. The van der Waals surface area contributed by atoms with Gasteiger partial charge in [-0.3, -0.25) is 4.79 Å². The zero-order chi connectivity index (χ0) is 13.4. The van der Waals surface area contributed by atoms with E-state index < -0.39 is 6.04 Å². The van der Waals surface area contributed by atoms with Crippen molar-refractivity contribution in [1.82, 2.24) is 14.9 Å². The van der Waals surface area contributed by atoms with Crippen molar-refractivity contribution in [3.63, 3.8) is 0 Å². The van der Waals surface area contributed by atoms with Crippen molar-refractivity contribution in [2.75, 3.05) is 13.7 Å². The Balaban J connectivity index is 2.25. The summed E-state index contributed by atoms with van der Waals surface area (Å²) in [6.45, 7) is 3.27. The first kappa shape index (κ1) is 14.7. The Kier molecular flexibility index (Phi) is 6.38. The number of rotatable bonds is 8. The van der Waals surface area contributed by atoms with Gasteiger partial charge >= 0.3 is 0 Å². The maximum absolute atomic E-state index is 11.8. The second-order valence-electron chi connectivity index (χ2n) is 4.41. The molecular weight excluding hydrogens is 232 g/mol.